The van der Waals surface area contributed by atoms with Gasteiger partial charge in [-0.2, -0.15) is 5.26 Å². The van der Waals surface area contributed by atoms with E-state index in [0.717, 1.165) is 165 Å². The first-order chi connectivity index (χ1) is 70.7. The fraction of sp³-hybridized carbons (Fsp3) is 0.413. The molecule has 0 bridgehead atoms. The summed E-state index contributed by atoms with van der Waals surface area (Å²) in [6, 6.07) is 30.9. The molecule has 4 aromatic carbocycles. The number of pyridine rings is 5. The van der Waals surface area contributed by atoms with Crippen LogP contribution in [-0.2, 0) is 64.7 Å². The first-order valence-electron chi connectivity index (χ1n) is 50.1. The third kappa shape index (κ3) is 19.2. The monoisotopic (exact) mass is 2160 g/mol. The minimum absolute atomic E-state index is 0.224. The molecule has 0 amide bonds. The maximum atomic E-state index is 14.5. The number of rotatable bonds is 15. The third-order valence-electron chi connectivity index (χ3n) is 31.1. The Balaban J connectivity index is 0.000000107. The van der Waals surface area contributed by atoms with E-state index in [1.54, 1.807) is 41.5 Å². The van der Waals surface area contributed by atoms with Crippen LogP contribution in [0.25, 0.3) is 55.2 Å². The quantitative estimate of drug-likeness (QED) is 0.0424. The molecule has 15 heterocycles. The van der Waals surface area contributed by atoms with Gasteiger partial charge in [-0.25, -0.2) is 38.7 Å². The molecule has 33 nitrogen and oxygen atoms in total. The highest BCUT2D eigenvalue weighted by Gasteiger charge is 2.51. The fourth-order valence-electron chi connectivity index (χ4n) is 23.1. The molecule has 5 saturated carbocycles. The summed E-state index contributed by atoms with van der Waals surface area (Å²) in [6.45, 7) is 14.1. The number of aliphatic hydroxyl groups excluding tert-OH is 10. The predicted molar refractivity (Wildman–Crippen MR) is 554 cm³/mol. The number of aromatic nitrogens is 12. The van der Waals surface area contributed by atoms with Crippen molar-refractivity contribution in [3.8, 4) is 34.8 Å². The Hall–Kier alpha value is -11.8. The Kier molecular flexibility index (Phi) is 29.1. The smallest absolute Gasteiger partial charge is 0.152 e. The van der Waals surface area contributed by atoms with Gasteiger partial charge in [0.05, 0.1) is 63.6 Å². The van der Waals surface area contributed by atoms with Crippen molar-refractivity contribution in [2.45, 2.75) is 259 Å². The zero-order valence-electron chi connectivity index (χ0n) is 81.0. The summed E-state index contributed by atoms with van der Waals surface area (Å²) in [5.74, 6) is 2.63. The normalized spacial score (nSPS) is 26.4. The maximum absolute atomic E-state index is 14.5. The molecule has 762 valence electrons. The van der Waals surface area contributed by atoms with Crippen molar-refractivity contribution < 1.29 is 83.5 Å². The molecule has 12 unspecified atom stereocenters. The van der Waals surface area contributed by atoms with Gasteiger partial charge in [-0.3, -0.25) is 4.98 Å². The van der Waals surface area contributed by atoms with Crippen LogP contribution in [0.15, 0.2) is 176 Å². The number of ether oxygens (including phenoxy) is 5. The summed E-state index contributed by atoms with van der Waals surface area (Å²) in [5.41, 5.74) is 25.3. The van der Waals surface area contributed by atoms with Crippen LogP contribution < -0.4 is 50.7 Å². The lowest BCUT2D eigenvalue weighted by molar-refractivity contribution is -0.0167. The van der Waals surface area contributed by atoms with Gasteiger partial charge in [0.2, 0.25) is 0 Å². The average Bonchev–Trinajstić information content (AvgIpc) is 1.61. The van der Waals surface area contributed by atoms with E-state index < -0.39 is 103 Å². The van der Waals surface area contributed by atoms with E-state index in [1.807, 2.05) is 144 Å². The minimum atomic E-state index is -1.11. The van der Waals surface area contributed by atoms with Gasteiger partial charge in [0.25, 0.3) is 0 Å². The van der Waals surface area contributed by atoms with Crippen molar-refractivity contribution in [2.75, 3.05) is 31.9 Å². The van der Waals surface area contributed by atoms with Crippen LogP contribution >= 0.6 is 38.5 Å². The van der Waals surface area contributed by atoms with Gasteiger partial charge in [0.15, 0.2) is 5.82 Å². The number of halogens is 4. The molecule has 16 N–H and O–H groups in total. The molecule has 10 aliphatic rings. The molecule has 4 aliphatic heterocycles. The molecule has 146 heavy (non-hydrogen) atoms. The number of hydrogen-bond acceptors (Lipinski definition) is 28. The summed E-state index contributed by atoms with van der Waals surface area (Å²) >= 11 is 5.67. The van der Waals surface area contributed by atoms with Crippen molar-refractivity contribution in [3.05, 3.63) is 275 Å². The van der Waals surface area contributed by atoms with E-state index in [2.05, 4.69) is 113 Å². The molecule has 37 heteroatoms. The van der Waals surface area contributed by atoms with Crippen molar-refractivity contribution in [2.24, 2.45) is 0 Å². The Bertz CT molecular complexity index is 7420. The number of nitrogens with zero attached hydrogens (tertiary/aromatic N) is 13. The average molecular weight is 2170 g/mol. The largest absolute Gasteiger partial charge is 0.487 e. The van der Waals surface area contributed by atoms with Crippen molar-refractivity contribution in [1.29, 1.82) is 5.26 Å². The first kappa shape index (κ1) is 100. The number of nitrogens with one attached hydrogen (secondary N) is 4. The van der Waals surface area contributed by atoms with Crippen molar-refractivity contribution >= 4 is 99.4 Å². The van der Waals surface area contributed by atoms with Crippen LogP contribution in [0.5, 0.6) is 28.7 Å². The second-order valence-corrected chi connectivity index (χ2v) is 41.8. The van der Waals surface area contributed by atoms with E-state index in [9.17, 15) is 65.1 Å². The van der Waals surface area contributed by atoms with Gasteiger partial charge in [-0.05, 0) is 279 Å². The number of aryl methyl sites for hydroxylation is 4. The lowest BCUT2D eigenvalue weighted by Gasteiger charge is -2.25. The molecule has 0 radical (unpaired) electrons. The zero-order chi connectivity index (χ0) is 101. The van der Waals surface area contributed by atoms with Crippen LogP contribution in [0.2, 0.25) is 0 Å². The number of aliphatic hydroxyl groups is 10. The third-order valence-corrected chi connectivity index (χ3v) is 32.7. The Labute approximate surface area is 862 Å². The zero-order valence-corrected chi connectivity index (χ0v) is 84.7. The molecule has 0 spiro atoms. The van der Waals surface area contributed by atoms with E-state index in [1.165, 1.54) is 57.0 Å². The van der Waals surface area contributed by atoms with Gasteiger partial charge in [-0.1, -0.05) is 12.1 Å². The van der Waals surface area contributed by atoms with E-state index in [-0.39, 0.29) is 41.1 Å². The molecule has 25 rings (SSSR count). The Morgan fingerprint density at radius 3 is 1.34 bits per heavy atom. The second-order valence-electron chi connectivity index (χ2n) is 39.8. The minimum Gasteiger partial charge on any atom is -0.487 e. The molecular formula is C109H118BrF2IN18O15. The SMILES string of the molecule is Cc1ccnc2c1ccn2C1CC(Oc2cc(Br)c(F)c3c2CNCC3)[C@@H](O)[C@H]1O.Cc1ccnc2c1ccn2C1CC(Oc2cc(C#N)cc3c2CNCC3)[C@@H](O)[C@H]1O.Cc1ccnc2c1ccn2C1CC(Oc2cncc3c2CNCC3)C(O)C1O.Cc1ncnc2c1ccn2C1CC(Oc2ccc(I)c3c2CCCC3)[C@@H](O)[C@H]1O.Nc1ccnc2c1c(F)cn2C1CC(Oc2cccc3c2CNCC3)[C@@H](O)[C@H]1O. The summed E-state index contributed by atoms with van der Waals surface area (Å²) in [5, 5.41) is 134. The molecule has 11 aromatic heterocycles. The van der Waals surface area contributed by atoms with Gasteiger partial charge in [0.1, 0.15) is 161 Å². The second kappa shape index (κ2) is 42.4. The van der Waals surface area contributed by atoms with Gasteiger partial charge < -0.3 is 125 Å². The fourth-order valence-corrected chi connectivity index (χ4v) is 24.4. The molecule has 15 aromatic rings. The van der Waals surface area contributed by atoms with Crippen LogP contribution in [0.1, 0.15) is 159 Å². The van der Waals surface area contributed by atoms with Crippen LogP contribution in [0.4, 0.5) is 14.5 Å². The standard InChI is InChI=1S/C23H24N4O3.C22H23BrFN3O3.C22H24IN3O3.C21H23FN4O3.C21H24N4O3/c1-13-2-6-26-23-16(13)4-7-27(23)18-10-20(22(29)21(18)28)30-19-9-14(11-24)8-15-3-5-25-12-17(15)19;1-11-2-6-26-22-12(11)4-7-27(22)16-9-18(21(29)20(16)28)30-17-8-15(23)19(24)13-3-5-25-10-14(13)17;1-12-13-8-9-26(22(13)25-11-24-12)17-10-19(21(28)20(17)27)29-18-7-6-16(23)14-4-2-3-5-15(14)18;22-13-10-26(21-18(13)14(23)5-7-25-21)15-8-17(20(28)19(15)27)29-16-3-1-2-11-4-6-24-9-12(11)16;1-12-2-6-24-21-14(12)4-7-25(21)16-8-17(20(27)19(16)26)28-18-11-23-9-13-3-5-22-10-15(13)18/h2,4,6-9,18,20-22,25,28-29H,3,5,10,12H2,1H3;2,4,6-8,16,18,20-21,25,28-29H,3,5,9-10H2,1H3;6-9,11,17,19-21,27-28H,2-5,10H2,1H3;1-3,5,7,10,15,17,19-20,24,27-28H,4,6,8-9H2,(H2,23,25);2,4,6-7,9,11,16-17,19-20,22,26-27H,3,5,8,10H2,1H3/t18?,20?,21-,22+;16?,18?,20-,21+;17?,19?,20-,21+;15?,17?,19-,20+;/m0000./s1. The number of nitriles is 1. The summed E-state index contributed by atoms with van der Waals surface area (Å²) < 4.78 is 70.9. The van der Waals surface area contributed by atoms with Gasteiger partial charge in [0, 0.05) is 173 Å². The highest BCUT2D eigenvalue weighted by Crippen LogP contribution is 2.47. The number of hydrogen-bond donors (Lipinski definition) is 15. The van der Waals surface area contributed by atoms with Crippen molar-refractivity contribution in [1.82, 2.24) is 79.0 Å². The van der Waals surface area contributed by atoms with Crippen LogP contribution in [-0.4, -0.2) is 227 Å². The highest BCUT2D eigenvalue weighted by molar-refractivity contribution is 14.1. The highest BCUT2D eigenvalue weighted by atomic mass is 127. The number of fused-ring (bicyclic) bond motifs is 10. The molecule has 6 aliphatic carbocycles. The lowest BCUT2D eigenvalue weighted by atomic mass is 9.91. The summed E-state index contributed by atoms with van der Waals surface area (Å²) in [6.07, 6.45) is 18.0. The van der Waals surface area contributed by atoms with E-state index in [0.29, 0.717) is 109 Å². The molecule has 0 saturated heterocycles. The number of anilines is 1. The maximum Gasteiger partial charge on any atom is 0.152 e. The van der Waals surface area contributed by atoms with Crippen LogP contribution in [0.3, 0.4) is 0 Å². The molecule has 20 atom stereocenters. The number of nitrogen functional groups attached to an aromatic ring is 1. The Morgan fingerprint density at radius 2 is 0.822 bits per heavy atom. The lowest BCUT2D eigenvalue weighted by Crippen LogP contribution is -2.35. The van der Waals surface area contributed by atoms with Crippen molar-refractivity contribution in [3.63, 3.8) is 0 Å². The predicted octanol–water partition coefficient (Wildman–Crippen LogP) is 11.3. The summed E-state index contributed by atoms with van der Waals surface area (Å²) in [7, 11) is 0. The van der Waals surface area contributed by atoms with Gasteiger partial charge >= 0.3 is 0 Å². The molecule has 5 fully saturated rings. The summed E-state index contributed by atoms with van der Waals surface area (Å²) in [4.78, 5) is 30.6. The Morgan fingerprint density at radius 1 is 0.404 bits per heavy atom. The number of benzene rings is 4. The van der Waals surface area contributed by atoms with Gasteiger partial charge in [-0.15, -0.1) is 0 Å². The number of nitrogens with two attached hydrogens (primary N) is 1. The van der Waals surface area contributed by atoms with E-state index in [4.69, 9.17) is 29.4 Å². The van der Waals surface area contributed by atoms with E-state index >= 15 is 0 Å². The topological polar surface area (TPSA) is 461 Å². The molecular weight excluding hydrogens is 2050 g/mol. The van der Waals surface area contributed by atoms with Crippen LogP contribution in [0, 0.1) is 54.2 Å². The first-order valence-corrected chi connectivity index (χ1v) is 52.0.